The van der Waals surface area contributed by atoms with Gasteiger partial charge in [0.25, 0.3) is 0 Å². The number of carbonyl (C=O) groups excluding carboxylic acids is 1. The minimum Gasteiger partial charge on any atom is -0.308 e. The Labute approximate surface area is 138 Å². The van der Waals surface area contributed by atoms with Crippen LogP contribution in [0.5, 0.6) is 0 Å². The lowest BCUT2D eigenvalue weighted by Gasteiger charge is -2.10. The number of aromatic nitrogens is 2. The Kier molecular flexibility index (Phi) is 4.12. The molecule has 0 spiro atoms. The first kappa shape index (κ1) is 15.2. The third-order valence-electron chi connectivity index (χ3n) is 3.46. The number of nitrogens with one attached hydrogen (secondary N) is 2. The molecule has 23 heavy (non-hydrogen) atoms. The molecule has 3 aromatic rings. The molecule has 1 heterocycles. The van der Waals surface area contributed by atoms with Crippen LogP contribution in [0.1, 0.15) is 11.4 Å². The SMILES string of the molecule is Cc1nc2ccc(NC(=O)Nc3ccccc3Cl)cc2nc1C. The Bertz CT molecular complexity index is 895. The third-order valence-corrected chi connectivity index (χ3v) is 3.78. The minimum absolute atomic E-state index is 0.366. The Morgan fingerprint density at radius 3 is 2.39 bits per heavy atom. The Hall–Kier alpha value is -2.66. The quantitative estimate of drug-likeness (QED) is 0.726. The molecule has 1 aromatic heterocycles. The number of hydrogen-bond acceptors (Lipinski definition) is 3. The number of urea groups is 1. The maximum Gasteiger partial charge on any atom is 0.323 e. The highest BCUT2D eigenvalue weighted by molar-refractivity contribution is 6.33. The van der Waals surface area contributed by atoms with Gasteiger partial charge in [-0.15, -0.1) is 0 Å². The molecule has 0 unspecified atom stereocenters. The fraction of sp³-hybridized carbons (Fsp3) is 0.118. The summed E-state index contributed by atoms with van der Waals surface area (Å²) in [7, 11) is 0. The van der Waals surface area contributed by atoms with Gasteiger partial charge in [-0.3, -0.25) is 0 Å². The number of carbonyl (C=O) groups is 1. The van der Waals surface area contributed by atoms with Gasteiger partial charge in [0.2, 0.25) is 0 Å². The Morgan fingerprint density at radius 2 is 1.65 bits per heavy atom. The standard InChI is InChI=1S/C17H15ClN4O/c1-10-11(2)20-16-9-12(7-8-15(16)19-10)21-17(23)22-14-6-4-3-5-13(14)18/h3-9H,1-2H3,(H2,21,22,23). The highest BCUT2D eigenvalue weighted by atomic mass is 35.5. The molecule has 5 nitrogen and oxygen atoms in total. The van der Waals surface area contributed by atoms with Gasteiger partial charge in [0.1, 0.15) is 0 Å². The van der Waals surface area contributed by atoms with Crippen molar-refractivity contribution in [2.75, 3.05) is 10.6 Å². The third kappa shape index (κ3) is 3.40. The molecule has 0 radical (unpaired) electrons. The van der Waals surface area contributed by atoms with E-state index < -0.39 is 0 Å². The number of benzene rings is 2. The summed E-state index contributed by atoms with van der Waals surface area (Å²) in [4.78, 5) is 21.0. The van der Waals surface area contributed by atoms with E-state index >= 15 is 0 Å². The molecule has 2 aromatic carbocycles. The van der Waals surface area contributed by atoms with Gasteiger partial charge >= 0.3 is 6.03 Å². The molecule has 0 bridgehead atoms. The van der Waals surface area contributed by atoms with E-state index in [1.165, 1.54) is 0 Å². The maximum atomic E-state index is 12.1. The van der Waals surface area contributed by atoms with Crippen molar-refractivity contribution >= 4 is 40.0 Å². The molecule has 6 heteroatoms. The lowest BCUT2D eigenvalue weighted by atomic mass is 10.2. The molecule has 0 aliphatic heterocycles. The second-order valence-corrected chi connectivity index (χ2v) is 5.56. The van der Waals surface area contributed by atoms with E-state index in [1.807, 2.05) is 19.9 Å². The van der Waals surface area contributed by atoms with Crippen LogP contribution in [0.4, 0.5) is 16.2 Å². The molecule has 2 N–H and O–H groups in total. The van der Waals surface area contributed by atoms with Crippen LogP contribution in [-0.4, -0.2) is 16.0 Å². The van der Waals surface area contributed by atoms with Crippen molar-refractivity contribution in [1.82, 2.24) is 9.97 Å². The zero-order chi connectivity index (χ0) is 16.4. The Balaban J connectivity index is 1.80. The van der Waals surface area contributed by atoms with Crippen LogP contribution in [0.3, 0.4) is 0 Å². The molecule has 2 amide bonds. The zero-order valence-electron chi connectivity index (χ0n) is 12.7. The number of para-hydroxylation sites is 1. The van der Waals surface area contributed by atoms with Crippen LogP contribution < -0.4 is 10.6 Å². The van der Waals surface area contributed by atoms with Gasteiger partial charge in [-0.05, 0) is 44.2 Å². The monoisotopic (exact) mass is 326 g/mol. The normalized spacial score (nSPS) is 10.6. The van der Waals surface area contributed by atoms with Crippen molar-refractivity contribution in [1.29, 1.82) is 0 Å². The van der Waals surface area contributed by atoms with E-state index in [4.69, 9.17) is 11.6 Å². The summed E-state index contributed by atoms with van der Waals surface area (Å²) in [5.41, 5.74) is 4.50. The van der Waals surface area contributed by atoms with Crippen LogP contribution in [0.2, 0.25) is 5.02 Å². The van der Waals surface area contributed by atoms with Crippen LogP contribution in [0.25, 0.3) is 11.0 Å². The van der Waals surface area contributed by atoms with Crippen LogP contribution in [0, 0.1) is 13.8 Å². The molecule has 116 valence electrons. The molecule has 3 rings (SSSR count). The van der Waals surface area contributed by atoms with Gasteiger partial charge in [0.15, 0.2) is 0 Å². The van der Waals surface area contributed by atoms with Gasteiger partial charge in [-0.25, -0.2) is 14.8 Å². The summed E-state index contributed by atoms with van der Waals surface area (Å²) < 4.78 is 0. The summed E-state index contributed by atoms with van der Waals surface area (Å²) >= 11 is 6.02. The summed E-state index contributed by atoms with van der Waals surface area (Å²) in [5.74, 6) is 0. The maximum absolute atomic E-state index is 12.1. The van der Waals surface area contributed by atoms with Crippen molar-refractivity contribution in [3.8, 4) is 0 Å². The van der Waals surface area contributed by atoms with E-state index in [2.05, 4.69) is 20.6 Å². The number of halogens is 1. The zero-order valence-corrected chi connectivity index (χ0v) is 13.5. The summed E-state index contributed by atoms with van der Waals surface area (Å²) in [6, 6.07) is 12.1. The number of aryl methyl sites for hydroxylation is 2. The average Bonchev–Trinajstić information content (AvgIpc) is 2.51. The van der Waals surface area contributed by atoms with E-state index in [-0.39, 0.29) is 6.03 Å². The van der Waals surface area contributed by atoms with Crippen molar-refractivity contribution in [2.45, 2.75) is 13.8 Å². The molecule has 0 aliphatic rings. The van der Waals surface area contributed by atoms with E-state index in [1.54, 1.807) is 36.4 Å². The number of rotatable bonds is 2. The number of anilines is 2. The second-order valence-electron chi connectivity index (χ2n) is 5.16. The molecule has 0 atom stereocenters. The lowest BCUT2D eigenvalue weighted by molar-refractivity contribution is 0.262. The van der Waals surface area contributed by atoms with Crippen molar-refractivity contribution in [3.05, 3.63) is 58.9 Å². The van der Waals surface area contributed by atoms with E-state index in [9.17, 15) is 4.79 Å². The largest absolute Gasteiger partial charge is 0.323 e. The first-order valence-corrected chi connectivity index (χ1v) is 7.48. The smallest absolute Gasteiger partial charge is 0.308 e. The summed E-state index contributed by atoms with van der Waals surface area (Å²) in [5, 5.41) is 5.96. The summed E-state index contributed by atoms with van der Waals surface area (Å²) in [6.45, 7) is 3.83. The van der Waals surface area contributed by atoms with Gasteiger partial charge in [0.05, 0.1) is 33.1 Å². The Morgan fingerprint density at radius 1 is 0.957 bits per heavy atom. The van der Waals surface area contributed by atoms with Crippen molar-refractivity contribution in [2.24, 2.45) is 0 Å². The van der Waals surface area contributed by atoms with Crippen LogP contribution in [0.15, 0.2) is 42.5 Å². The second kappa shape index (κ2) is 6.22. The van der Waals surface area contributed by atoms with Crippen molar-refractivity contribution in [3.63, 3.8) is 0 Å². The lowest BCUT2D eigenvalue weighted by Crippen LogP contribution is -2.19. The molecule has 0 saturated heterocycles. The highest BCUT2D eigenvalue weighted by Crippen LogP contribution is 2.21. The first-order valence-electron chi connectivity index (χ1n) is 7.10. The number of fused-ring (bicyclic) bond motifs is 1. The molecule has 0 aliphatic carbocycles. The fourth-order valence-electron chi connectivity index (χ4n) is 2.16. The highest BCUT2D eigenvalue weighted by Gasteiger charge is 2.07. The topological polar surface area (TPSA) is 66.9 Å². The number of hydrogen-bond donors (Lipinski definition) is 2. The van der Waals surface area contributed by atoms with Gasteiger partial charge in [0, 0.05) is 5.69 Å². The number of nitrogens with zero attached hydrogens (tertiary/aromatic N) is 2. The van der Waals surface area contributed by atoms with Gasteiger partial charge < -0.3 is 10.6 Å². The van der Waals surface area contributed by atoms with E-state index in [0.29, 0.717) is 16.4 Å². The molecule has 0 saturated carbocycles. The van der Waals surface area contributed by atoms with Gasteiger partial charge in [-0.1, -0.05) is 23.7 Å². The number of amides is 2. The van der Waals surface area contributed by atoms with Crippen LogP contribution in [-0.2, 0) is 0 Å². The average molecular weight is 327 g/mol. The minimum atomic E-state index is -0.366. The van der Waals surface area contributed by atoms with Crippen LogP contribution >= 0.6 is 11.6 Å². The molecular weight excluding hydrogens is 312 g/mol. The molecular formula is C17H15ClN4O. The van der Waals surface area contributed by atoms with Gasteiger partial charge in [-0.2, -0.15) is 0 Å². The molecule has 0 fully saturated rings. The fourth-order valence-corrected chi connectivity index (χ4v) is 2.34. The van der Waals surface area contributed by atoms with Crippen molar-refractivity contribution < 1.29 is 4.79 Å². The predicted octanol–water partition coefficient (Wildman–Crippen LogP) is 4.54. The summed E-state index contributed by atoms with van der Waals surface area (Å²) in [6.07, 6.45) is 0. The predicted molar refractivity (Wildman–Crippen MR) is 93.1 cm³/mol. The first-order chi connectivity index (χ1) is 11.0. The van der Waals surface area contributed by atoms with E-state index in [0.717, 1.165) is 22.4 Å².